The van der Waals surface area contributed by atoms with Gasteiger partial charge in [-0.2, -0.15) is 0 Å². The minimum absolute atomic E-state index is 0.0356. The first-order valence-corrected chi connectivity index (χ1v) is 12.7. The number of nitrogens with two attached hydrogens (primary N) is 1. The van der Waals surface area contributed by atoms with E-state index in [9.17, 15) is 9.59 Å². The van der Waals surface area contributed by atoms with Crippen LogP contribution < -0.4 is 25.4 Å². The average Bonchev–Trinajstić information content (AvgIpc) is 3.38. The number of nitrogens with zero attached hydrogens (tertiary/aromatic N) is 2. The summed E-state index contributed by atoms with van der Waals surface area (Å²) in [6.07, 6.45) is -0.579. The monoisotopic (exact) mass is 544 g/mol. The zero-order valence-electron chi connectivity index (χ0n) is 22.6. The number of hydrogen-bond acceptors (Lipinski definition) is 8. The van der Waals surface area contributed by atoms with Crippen molar-refractivity contribution in [3.05, 3.63) is 77.6 Å². The van der Waals surface area contributed by atoms with Crippen molar-refractivity contribution >= 4 is 40.3 Å². The van der Waals surface area contributed by atoms with Crippen molar-refractivity contribution in [3.8, 4) is 11.5 Å². The molecule has 0 aliphatic carbocycles. The minimum atomic E-state index is -0.614. The number of aromatic nitrogens is 2. The number of amides is 1. The predicted molar refractivity (Wildman–Crippen MR) is 153 cm³/mol. The number of imidazole rings is 1. The predicted octanol–water partition coefficient (Wildman–Crippen LogP) is 4.73. The zero-order valence-corrected chi connectivity index (χ0v) is 22.6. The SMILES string of the molecule is CCOC(=O)CCN(C(=O)Oc1ccc2[nH]c(CNc3ccc(C(=N)N)cc3OC)nc2c1C)c1ccccc1. The van der Waals surface area contributed by atoms with Crippen molar-refractivity contribution in [2.75, 3.05) is 30.5 Å². The van der Waals surface area contributed by atoms with Crippen LogP contribution >= 0.6 is 0 Å². The average molecular weight is 545 g/mol. The molecule has 0 unspecified atom stereocenters. The minimum Gasteiger partial charge on any atom is -0.495 e. The Bertz CT molecular complexity index is 1520. The fraction of sp³-hybridized carbons (Fsp3) is 0.241. The maximum atomic E-state index is 13.2. The van der Waals surface area contributed by atoms with Gasteiger partial charge in [-0.05, 0) is 56.3 Å². The summed E-state index contributed by atoms with van der Waals surface area (Å²) in [6.45, 7) is 4.32. The lowest BCUT2D eigenvalue weighted by atomic mass is 10.1. The van der Waals surface area contributed by atoms with Crippen molar-refractivity contribution in [2.24, 2.45) is 5.73 Å². The second-order valence-corrected chi connectivity index (χ2v) is 8.86. The molecule has 0 aliphatic rings. The summed E-state index contributed by atoms with van der Waals surface area (Å²) < 4.78 is 16.2. The van der Waals surface area contributed by atoms with E-state index < -0.39 is 6.09 Å². The molecule has 1 heterocycles. The van der Waals surface area contributed by atoms with Gasteiger partial charge in [-0.25, -0.2) is 9.78 Å². The zero-order chi connectivity index (χ0) is 28.6. The topological polar surface area (TPSA) is 156 Å². The summed E-state index contributed by atoms with van der Waals surface area (Å²) >= 11 is 0. The number of nitrogen functional groups attached to an aromatic ring is 1. The summed E-state index contributed by atoms with van der Waals surface area (Å²) in [5.41, 5.74) is 9.62. The van der Waals surface area contributed by atoms with Gasteiger partial charge in [-0.1, -0.05) is 18.2 Å². The number of hydrogen-bond donors (Lipinski definition) is 4. The van der Waals surface area contributed by atoms with E-state index in [4.69, 9.17) is 30.3 Å². The van der Waals surface area contributed by atoms with Gasteiger partial charge in [-0.15, -0.1) is 0 Å². The van der Waals surface area contributed by atoms with Crippen LogP contribution in [-0.4, -0.2) is 48.1 Å². The van der Waals surface area contributed by atoms with Crippen LogP contribution in [0.25, 0.3) is 11.0 Å². The summed E-state index contributed by atoms with van der Waals surface area (Å²) in [5, 5.41) is 10.9. The molecule has 4 aromatic rings. The van der Waals surface area contributed by atoms with Crippen LogP contribution in [-0.2, 0) is 16.1 Å². The van der Waals surface area contributed by atoms with Gasteiger partial charge in [0.05, 0.1) is 43.4 Å². The maximum absolute atomic E-state index is 13.2. The highest BCUT2D eigenvalue weighted by molar-refractivity contribution is 5.96. The summed E-state index contributed by atoms with van der Waals surface area (Å²) in [4.78, 5) is 34.6. The fourth-order valence-electron chi connectivity index (χ4n) is 4.14. The number of anilines is 2. The number of ether oxygens (including phenoxy) is 3. The number of rotatable bonds is 11. The van der Waals surface area contributed by atoms with Gasteiger partial charge >= 0.3 is 12.1 Å². The fourth-order valence-corrected chi connectivity index (χ4v) is 4.14. The Morgan fingerprint density at radius 3 is 2.58 bits per heavy atom. The Balaban J connectivity index is 1.50. The van der Waals surface area contributed by atoms with Crippen LogP contribution in [0, 0.1) is 12.3 Å². The molecule has 208 valence electrons. The third-order valence-corrected chi connectivity index (χ3v) is 6.20. The maximum Gasteiger partial charge on any atom is 0.419 e. The number of esters is 1. The van der Waals surface area contributed by atoms with Crippen molar-refractivity contribution in [1.82, 2.24) is 9.97 Å². The van der Waals surface area contributed by atoms with Crippen LogP contribution in [0.1, 0.15) is 30.3 Å². The van der Waals surface area contributed by atoms with Crippen molar-refractivity contribution < 1.29 is 23.8 Å². The molecule has 11 heteroatoms. The number of aryl methyl sites for hydroxylation is 1. The third kappa shape index (κ3) is 6.49. The van der Waals surface area contributed by atoms with Crippen LogP contribution in [0.15, 0.2) is 60.7 Å². The molecular weight excluding hydrogens is 512 g/mol. The van der Waals surface area contributed by atoms with Gasteiger partial charge in [0.2, 0.25) is 0 Å². The number of carbonyl (C=O) groups excluding carboxylic acids is 2. The second-order valence-electron chi connectivity index (χ2n) is 8.86. The van der Waals surface area contributed by atoms with E-state index in [1.165, 1.54) is 4.90 Å². The van der Waals surface area contributed by atoms with Crippen LogP contribution in [0.3, 0.4) is 0 Å². The number of carbonyl (C=O) groups is 2. The molecule has 0 spiro atoms. The molecule has 1 amide bonds. The van der Waals surface area contributed by atoms with Gasteiger partial charge in [-0.3, -0.25) is 15.1 Å². The van der Waals surface area contributed by atoms with E-state index in [1.807, 2.05) is 25.1 Å². The second kappa shape index (κ2) is 12.7. The number of para-hydroxylation sites is 1. The lowest BCUT2D eigenvalue weighted by molar-refractivity contribution is -0.142. The Hall–Kier alpha value is -5.06. The highest BCUT2D eigenvalue weighted by atomic mass is 16.6. The molecule has 40 heavy (non-hydrogen) atoms. The number of aromatic amines is 1. The van der Waals surface area contributed by atoms with Gasteiger partial charge in [0, 0.05) is 23.4 Å². The van der Waals surface area contributed by atoms with E-state index in [0.717, 1.165) is 11.2 Å². The highest BCUT2D eigenvalue weighted by Gasteiger charge is 2.21. The number of methoxy groups -OCH3 is 1. The molecule has 1 aromatic heterocycles. The first-order valence-electron chi connectivity index (χ1n) is 12.7. The number of H-pyrrole nitrogens is 1. The summed E-state index contributed by atoms with van der Waals surface area (Å²) in [5.74, 6) is 1.15. The molecule has 0 radical (unpaired) electrons. The molecule has 0 bridgehead atoms. The van der Waals surface area contributed by atoms with Gasteiger partial charge in [0.25, 0.3) is 0 Å². The Labute approximate surface area is 231 Å². The van der Waals surface area contributed by atoms with Crippen LogP contribution in [0.2, 0.25) is 0 Å². The molecule has 0 aliphatic heterocycles. The standard InChI is InChI=1S/C29H32N6O5/c1-4-39-26(36)14-15-35(20-8-6-5-7-9-20)29(37)40-23-13-12-22-27(18(23)2)34-25(33-22)17-32-21-11-10-19(28(30)31)16-24(21)38-3/h5-13,16,32H,4,14-15,17H2,1-3H3,(H3,30,31)(H,33,34). The molecular formula is C29H32N6O5. The quantitative estimate of drug-likeness (QED) is 0.120. The molecule has 0 saturated heterocycles. The number of fused-ring (bicyclic) bond motifs is 1. The van der Waals surface area contributed by atoms with E-state index in [2.05, 4.69) is 10.3 Å². The van der Waals surface area contributed by atoms with E-state index in [-0.39, 0.29) is 31.4 Å². The third-order valence-electron chi connectivity index (χ3n) is 6.20. The molecule has 0 fully saturated rings. The number of nitrogens with one attached hydrogen (secondary N) is 3. The summed E-state index contributed by atoms with van der Waals surface area (Å²) in [6, 6.07) is 17.8. The Kier molecular flexibility index (Phi) is 8.85. The van der Waals surface area contributed by atoms with Gasteiger partial charge in [0.15, 0.2) is 0 Å². The van der Waals surface area contributed by atoms with Gasteiger partial charge < -0.3 is 30.2 Å². The first kappa shape index (κ1) is 28.0. The smallest absolute Gasteiger partial charge is 0.419 e. The normalized spacial score (nSPS) is 10.7. The lowest BCUT2D eigenvalue weighted by Gasteiger charge is -2.22. The molecule has 3 aromatic carbocycles. The van der Waals surface area contributed by atoms with E-state index >= 15 is 0 Å². The number of benzene rings is 3. The lowest BCUT2D eigenvalue weighted by Crippen LogP contribution is -2.35. The van der Waals surface area contributed by atoms with E-state index in [1.54, 1.807) is 56.5 Å². The largest absolute Gasteiger partial charge is 0.495 e. The molecule has 0 atom stereocenters. The molecule has 11 nitrogen and oxygen atoms in total. The summed E-state index contributed by atoms with van der Waals surface area (Å²) in [7, 11) is 1.55. The Morgan fingerprint density at radius 2 is 1.88 bits per heavy atom. The van der Waals surface area contributed by atoms with Crippen molar-refractivity contribution in [2.45, 2.75) is 26.8 Å². The highest BCUT2D eigenvalue weighted by Crippen LogP contribution is 2.29. The van der Waals surface area contributed by atoms with Gasteiger partial charge in [0.1, 0.15) is 23.2 Å². The first-order chi connectivity index (χ1) is 19.3. The van der Waals surface area contributed by atoms with Crippen LogP contribution in [0.4, 0.5) is 16.2 Å². The Morgan fingerprint density at radius 1 is 1.10 bits per heavy atom. The van der Waals surface area contributed by atoms with E-state index in [0.29, 0.717) is 46.2 Å². The molecule has 5 N–H and O–H groups in total. The molecule has 0 saturated carbocycles. The van der Waals surface area contributed by atoms with Crippen molar-refractivity contribution in [1.29, 1.82) is 5.41 Å². The number of amidine groups is 1. The molecule has 4 rings (SSSR count). The van der Waals surface area contributed by atoms with Crippen LogP contribution in [0.5, 0.6) is 11.5 Å². The van der Waals surface area contributed by atoms with Crippen molar-refractivity contribution in [3.63, 3.8) is 0 Å².